The zero-order valence-corrected chi connectivity index (χ0v) is 25.8. The predicted octanol–water partition coefficient (Wildman–Crippen LogP) is 5.32. The van der Waals surface area contributed by atoms with Crippen molar-refractivity contribution in [1.29, 1.82) is 0 Å². The van der Waals surface area contributed by atoms with Gasteiger partial charge in [-0.05, 0) is 52.4 Å². The smallest absolute Gasteiger partial charge is 0.282 e. The molecule has 0 aliphatic carbocycles. The largest absolute Gasteiger partial charge is 0.392 e. The van der Waals surface area contributed by atoms with Gasteiger partial charge < -0.3 is 20.3 Å². The van der Waals surface area contributed by atoms with Gasteiger partial charge in [-0.3, -0.25) is 9.59 Å². The van der Waals surface area contributed by atoms with Gasteiger partial charge in [0.2, 0.25) is 0 Å². The molecule has 3 heterocycles. The summed E-state index contributed by atoms with van der Waals surface area (Å²) in [7, 11) is 1.64. The van der Waals surface area contributed by atoms with E-state index in [1.807, 2.05) is 32.9 Å². The highest BCUT2D eigenvalue weighted by atomic mass is 19.1. The summed E-state index contributed by atoms with van der Waals surface area (Å²) in [5, 5.41) is 21.7. The molecule has 0 bridgehead atoms. The van der Waals surface area contributed by atoms with Gasteiger partial charge in [0.25, 0.3) is 11.1 Å². The van der Waals surface area contributed by atoms with Crippen LogP contribution in [0, 0.1) is 5.82 Å². The minimum Gasteiger partial charge on any atom is -0.392 e. The van der Waals surface area contributed by atoms with Crippen molar-refractivity contribution in [3.8, 4) is 16.8 Å². The average Bonchev–Trinajstić information content (AvgIpc) is 2.98. The molecule has 3 aromatic heterocycles. The van der Waals surface area contributed by atoms with Crippen molar-refractivity contribution in [2.45, 2.75) is 59.2 Å². The second-order valence-electron chi connectivity index (χ2n) is 12.3. The van der Waals surface area contributed by atoms with Gasteiger partial charge >= 0.3 is 0 Å². The quantitative estimate of drug-likeness (QED) is 0.222. The third-order valence-corrected chi connectivity index (χ3v) is 7.54. The Morgan fingerprint density at radius 1 is 1.02 bits per heavy atom. The third kappa shape index (κ3) is 6.17. The summed E-state index contributed by atoms with van der Waals surface area (Å²) in [5.41, 5.74) is 2.78. The zero-order chi connectivity index (χ0) is 31.8. The van der Waals surface area contributed by atoms with Gasteiger partial charge in [-0.2, -0.15) is 9.78 Å². The molecule has 0 aliphatic heterocycles. The molecular weight excluding hydrogens is 559 g/mol. The number of hydrogen-bond donors (Lipinski definition) is 3. The Morgan fingerprint density at radius 2 is 1.80 bits per heavy atom. The van der Waals surface area contributed by atoms with Gasteiger partial charge in [0.05, 0.1) is 23.9 Å². The fourth-order valence-electron chi connectivity index (χ4n) is 5.06. The molecule has 0 unspecified atom stereocenters. The fourth-order valence-corrected chi connectivity index (χ4v) is 5.06. The van der Waals surface area contributed by atoms with Crippen LogP contribution in [-0.2, 0) is 25.6 Å². The van der Waals surface area contributed by atoms with Crippen molar-refractivity contribution < 1.29 is 9.50 Å². The second-order valence-corrected chi connectivity index (χ2v) is 12.3. The summed E-state index contributed by atoms with van der Waals surface area (Å²) in [5.74, 6) is -0.117. The van der Waals surface area contributed by atoms with E-state index in [9.17, 15) is 14.7 Å². The van der Waals surface area contributed by atoms with Crippen molar-refractivity contribution in [1.82, 2.24) is 24.6 Å². The van der Waals surface area contributed by atoms with Gasteiger partial charge in [0.15, 0.2) is 0 Å². The van der Waals surface area contributed by atoms with Gasteiger partial charge in [0, 0.05) is 48.5 Å². The van der Waals surface area contributed by atoms with Crippen LogP contribution in [-0.4, -0.2) is 30.5 Å². The molecule has 2 aromatic carbocycles. The molecule has 9 nitrogen and oxygen atoms in total. The van der Waals surface area contributed by atoms with Gasteiger partial charge in [0.1, 0.15) is 17.3 Å². The molecule has 228 valence electrons. The molecule has 0 aliphatic rings. The Balaban J connectivity index is 1.56. The maximum atomic E-state index is 15.3. The van der Waals surface area contributed by atoms with Gasteiger partial charge in [-0.25, -0.2) is 9.37 Å². The monoisotopic (exact) mass is 596 g/mol. The number of pyridine rings is 2. The number of nitrogens with one attached hydrogen (secondary N) is 2. The molecule has 0 atom stereocenters. The number of aryl methyl sites for hydroxylation is 1. The van der Waals surface area contributed by atoms with Crippen LogP contribution in [0.4, 0.5) is 15.9 Å². The molecule has 5 rings (SSSR count). The number of halogens is 1. The minimum atomic E-state index is -0.631. The highest BCUT2D eigenvalue weighted by molar-refractivity contribution is 5.83. The van der Waals surface area contributed by atoms with E-state index in [1.54, 1.807) is 49.8 Å². The van der Waals surface area contributed by atoms with E-state index in [0.29, 0.717) is 46.2 Å². The number of aliphatic hydroxyl groups excluding tert-OH is 1. The van der Waals surface area contributed by atoms with Gasteiger partial charge in [-0.1, -0.05) is 52.8 Å². The average molecular weight is 597 g/mol. The molecule has 3 N–H and O–H groups in total. The van der Waals surface area contributed by atoms with Crippen LogP contribution in [0.15, 0.2) is 76.7 Å². The van der Waals surface area contributed by atoms with Crippen LogP contribution in [0.3, 0.4) is 0 Å². The topological polar surface area (TPSA) is 114 Å². The third-order valence-electron chi connectivity index (χ3n) is 7.54. The molecule has 0 radical (unpaired) electrons. The van der Waals surface area contributed by atoms with Crippen molar-refractivity contribution in [3.63, 3.8) is 0 Å². The molecule has 10 heteroatoms. The highest BCUT2D eigenvalue weighted by Crippen LogP contribution is 2.31. The van der Waals surface area contributed by atoms with E-state index >= 15 is 4.39 Å². The SMILES string of the molecule is CC(C)NCc1ccc(Nc2cc(-c3cccc(-n4ncc5cc(C(C)(C)C)cc(F)c5c4=O)c3CO)cn(C)c2=O)nc1. The summed E-state index contributed by atoms with van der Waals surface area (Å²) in [6, 6.07) is 14.1. The van der Waals surface area contributed by atoms with E-state index in [4.69, 9.17) is 0 Å². The number of fused-ring (bicyclic) bond motifs is 1. The van der Waals surface area contributed by atoms with Crippen LogP contribution >= 0.6 is 0 Å². The maximum absolute atomic E-state index is 15.3. The van der Waals surface area contributed by atoms with E-state index < -0.39 is 18.0 Å². The fraction of sp³-hybridized carbons (Fsp3) is 0.294. The lowest BCUT2D eigenvalue weighted by Crippen LogP contribution is -2.24. The molecule has 0 amide bonds. The summed E-state index contributed by atoms with van der Waals surface area (Å²) < 4.78 is 17.9. The Bertz CT molecular complexity index is 1960. The first-order valence-electron chi connectivity index (χ1n) is 14.5. The molecule has 0 fully saturated rings. The molecule has 0 saturated heterocycles. The lowest BCUT2D eigenvalue weighted by atomic mass is 9.86. The molecule has 0 saturated carbocycles. The van der Waals surface area contributed by atoms with Crippen LogP contribution in [0.5, 0.6) is 0 Å². The number of nitrogens with zero attached hydrogens (tertiary/aromatic N) is 4. The van der Waals surface area contributed by atoms with E-state index in [2.05, 4.69) is 34.6 Å². The lowest BCUT2D eigenvalue weighted by Gasteiger charge is -2.20. The maximum Gasteiger partial charge on any atom is 0.282 e. The standard InChI is InChI=1S/C34H37FN6O3/c1-20(2)36-15-21-10-11-30(37-16-21)39-28-13-23(18-40(6)32(28)43)25-8-7-9-29(26(25)19-42)41-33(44)31-22(17-38-41)12-24(14-27(31)35)34(3,4)5/h7-14,16-18,20,36,42H,15,19H2,1-6H3,(H,37,39). The number of benzene rings is 2. The lowest BCUT2D eigenvalue weighted by molar-refractivity contribution is 0.282. The first-order valence-corrected chi connectivity index (χ1v) is 14.5. The Morgan fingerprint density at radius 3 is 2.45 bits per heavy atom. The number of aliphatic hydroxyl groups is 1. The predicted molar refractivity (Wildman–Crippen MR) is 172 cm³/mol. The van der Waals surface area contributed by atoms with Crippen LogP contribution < -0.4 is 21.8 Å². The van der Waals surface area contributed by atoms with Crippen LogP contribution in [0.2, 0.25) is 0 Å². The molecule has 5 aromatic rings. The summed E-state index contributed by atoms with van der Waals surface area (Å²) >= 11 is 0. The number of hydrogen-bond acceptors (Lipinski definition) is 7. The van der Waals surface area contributed by atoms with Crippen molar-refractivity contribution in [2.24, 2.45) is 7.05 Å². The Hall–Kier alpha value is -4.67. The molecule has 0 spiro atoms. The van der Waals surface area contributed by atoms with Crippen LogP contribution in [0.25, 0.3) is 27.6 Å². The first kappa shape index (κ1) is 30.8. The van der Waals surface area contributed by atoms with E-state index in [0.717, 1.165) is 15.8 Å². The second kappa shape index (κ2) is 12.1. The van der Waals surface area contributed by atoms with E-state index in [-0.39, 0.29) is 22.0 Å². The number of anilines is 2. The number of rotatable bonds is 8. The first-order chi connectivity index (χ1) is 20.9. The summed E-state index contributed by atoms with van der Waals surface area (Å²) in [4.78, 5) is 31.1. The van der Waals surface area contributed by atoms with E-state index in [1.165, 1.54) is 16.8 Å². The molecular formula is C34H37FN6O3. The minimum absolute atomic E-state index is 0.0746. The highest BCUT2D eigenvalue weighted by Gasteiger charge is 2.21. The van der Waals surface area contributed by atoms with Crippen LogP contribution in [0.1, 0.15) is 51.3 Å². The van der Waals surface area contributed by atoms with Gasteiger partial charge in [-0.15, -0.1) is 0 Å². The summed E-state index contributed by atoms with van der Waals surface area (Å²) in [6.07, 6.45) is 4.87. The van der Waals surface area contributed by atoms with Crippen molar-refractivity contribution in [2.75, 3.05) is 5.32 Å². The van der Waals surface area contributed by atoms with Crippen molar-refractivity contribution >= 4 is 22.3 Å². The van der Waals surface area contributed by atoms with Crippen molar-refractivity contribution in [3.05, 3.63) is 110 Å². The summed E-state index contributed by atoms with van der Waals surface area (Å²) in [6.45, 7) is 10.3. The molecule has 44 heavy (non-hydrogen) atoms. The normalized spacial score (nSPS) is 11.8. The Kier molecular flexibility index (Phi) is 8.49. The Labute approximate surface area is 255 Å². The number of aromatic nitrogens is 4. The zero-order valence-electron chi connectivity index (χ0n) is 25.8.